The lowest BCUT2D eigenvalue weighted by Gasteiger charge is -2.11. The summed E-state index contributed by atoms with van der Waals surface area (Å²) in [7, 11) is 1.99. The first-order valence-corrected chi connectivity index (χ1v) is 4.40. The van der Waals surface area contributed by atoms with Crippen molar-refractivity contribution >= 4 is 0 Å². The fraction of sp³-hybridized carbons (Fsp3) is 0.333. The van der Waals surface area contributed by atoms with Crippen molar-refractivity contribution in [2.75, 3.05) is 0 Å². The highest BCUT2D eigenvalue weighted by Crippen LogP contribution is 2.30. The van der Waals surface area contributed by atoms with E-state index in [4.69, 9.17) is 0 Å². The summed E-state index contributed by atoms with van der Waals surface area (Å²) >= 11 is 0. The van der Waals surface area contributed by atoms with Crippen LogP contribution in [0.4, 0.5) is 0 Å². The quantitative estimate of drug-likeness (QED) is 0.645. The first kappa shape index (κ1) is 6.88. The number of fused-ring (bicyclic) bond motifs is 3. The maximum absolute atomic E-state index is 4.25. The number of nitrogens with zero attached hydrogens (tertiary/aromatic N) is 3. The van der Waals surface area contributed by atoms with Crippen LogP contribution in [-0.4, -0.2) is 20.0 Å². The Morgan fingerprint density at radius 3 is 3.23 bits per heavy atom. The lowest BCUT2D eigenvalue weighted by Crippen LogP contribution is -2.06. The Morgan fingerprint density at radius 1 is 1.38 bits per heavy atom. The highest BCUT2D eigenvalue weighted by atomic mass is 15.3. The number of aryl methyl sites for hydroxylation is 2. The predicted molar refractivity (Wildman–Crippen MR) is 48.2 cm³/mol. The summed E-state index contributed by atoms with van der Waals surface area (Å²) in [5, 5.41) is 11.3. The summed E-state index contributed by atoms with van der Waals surface area (Å²) in [5.41, 5.74) is 4.97. The van der Waals surface area contributed by atoms with Crippen molar-refractivity contribution in [1.82, 2.24) is 20.0 Å². The van der Waals surface area contributed by atoms with Gasteiger partial charge in [-0.15, -0.1) is 0 Å². The van der Waals surface area contributed by atoms with E-state index in [2.05, 4.69) is 15.3 Å². The molecular formula is C9H10N4. The molecule has 0 amide bonds. The standard InChI is InChI=1S/C9H10N4/c1-13-8-3-2-6-4-10-12-9(6)7(8)5-11-13/h4-5H,2-3H2,1H3,(H,10,12). The second kappa shape index (κ2) is 2.22. The Labute approximate surface area is 75.6 Å². The molecule has 0 aromatic carbocycles. The van der Waals surface area contributed by atoms with Gasteiger partial charge in [-0.05, 0) is 18.4 Å². The molecule has 0 saturated carbocycles. The van der Waals surface area contributed by atoms with E-state index in [0.29, 0.717) is 0 Å². The molecule has 66 valence electrons. The second-order valence-electron chi connectivity index (χ2n) is 3.40. The third-order valence-electron chi connectivity index (χ3n) is 2.68. The van der Waals surface area contributed by atoms with Gasteiger partial charge in [-0.2, -0.15) is 10.2 Å². The molecule has 3 rings (SSSR count). The van der Waals surface area contributed by atoms with Crippen LogP contribution in [-0.2, 0) is 19.9 Å². The van der Waals surface area contributed by atoms with Gasteiger partial charge in [0.05, 0.1) is 18.1 Å². The molecule has 1 aliphatic carbocycles. The van der Waals surface area contributed by atoms with Crippen molar-refractivity contribution in [3.8, 4) is 11.3 Å². The zero-order valence-corrected chi connectivity index (χ0v) is 7.41. The summed E-state index contributed by atoms with van der Waals surface area (Å²) in [4.78, 5) is 0. The van der Waals surface area contributed by atoms with E-state index in [1.54, 1.807) is 0 Å². The Kier molecular flexibility index (Phi) is 1.17. The van der Waals surface area contributed by atoms with Gasteiger partial charge >= 0.3 is 0 Å². The van der Waals surface area contributed by atoms with E-state index < -0.39 is 0 Å². The first-order valence-electron chi connectivity index (χ1n) is 4.40. The number of aromatic amines is 1. The predicted octanol–water partition coefficient (Wildman–Crippen LogP) is 0.909. The molecule has 0 aliphatic heterocycles. The van der Waals surface area contributed by atoms with Gasteiger partial charge in [0.25, 0.3) is 0 Å². The zero-order chi connectivity index (χ0) is 8.84. The molecule has 0 spiro atoms. The SMILES string of the molecule is Cn1ncc2c1CCc1cn[nH]c1-2. The third kappa shape index (κ3) is 0.798. The molecule has 1 N–H and O–H groups in total. The molecule has 0 atom stereocenters. The van der Waals surface area contributed by atoms with Gasteiger partial charge in [0.15, 0.2) is 0 Å². The number of rotatable bonds is 0. The molecule has 0 unspecified atom stereocenters. The molecule has 0 saturated heterocycles. The van der Waals surface area contributed by atoms with Crippen molar-refractivity contribution < 1.29 is 0 Å². The largest absolute Gasteiger partial charge is 0.277 e. The molecule has 0 radical (unpaired) electrons. The molecule has 2 aromatic rings. The van der Waals surface area contributed by atoms with E-state index in [9.17, 15) is 0 Å². The monoisotopic (exact) mass is 174 g/mol. The van der Waals surface area contributed by atoms with Crippen LogP contribution in [0.25, 0.3) is 11.3 Å². The molecule has 0 bridgehead atoms. The molecule has 0 fully saturated rings. The van der Waals surface area contributed by atoms with Crippen LogP contribution in [0.5, 0.6) is 0 Å². The maximum Gasteiger partial charge on any atom is 0.0716 e. The van der Waals surface area contributed by atoms with E-state index >= 15 is 0 Å². The fourth-order valence-corrected chi connectivity index (χ4v) is 1.96. The smallest absolute Gasteiger partial charge is 0.0716 e. The highest BCUT2D eigenvalue weighted by molar-refractivity contribution is 5.66. The molecule has 4 heteroatoms. The van der Waals surface area contributed by atoms with Crippen LogP contribution in [0.2, 0.25) is 0 Å². The Bertz CT molecular complexity index is 452. The van der Waals surface area contributed by atoms with Crippen LogP contribution in [0.15, 0.2) is 12.4 Å². The molecule has 2 aromatic heterocycles. The second-order valence-corrected chi connectivity index (χ2v) is 3.40. The van der Waals surface area contributed by atoms with Crippen LogP contribution >= 0.6 is 0 Å². The van der Waals surface area contributed by atoms with Gasteiger partial charge in [0.1, 0.15) is 0 Å². The Balaban J connectivity index is 2.31. The van der Waals surface area contributed by atoms with E-state index in [0.717, 1.165) is 18.5 Å². The topological polar surface area (TPSA) is 46.5 Å². The summed E-state index contributed by atoms with van der Waals surface area (Å²) in [5.74, 6) is 0. The molecule has 1 aliphatic rings. The van der Waals surface area contributed by atoms with Crippen LogP contribution in [0, 0.1) is 0 Å². The van der Waals surface area contributed by atoms with Gasteiger partial charge in [0.2, 0.25) is 0 Å². The molecule has 4 nitrogen and oxygen atoms in total. The number of nitrogens with one attached hydrogen (secondary N) is 1. The Morgan fingerprint density at radius 2 is 2.31 bits per heavy atom. The van der Waals surface area contributed by atoms with E-state index in [-0.39, 0.29) is 0 Å². The lowest BCUT2D eigenvalue weighted by atomic mass is 9.96. The average molecular weight is 174 g/mol. The minimum atomic E-state index is 1.07. The average Bonchev–Trinajstić information content (AvgIpc) is 2.70. The maximum atomic E-state index is 4.25. The van der Waals surface area contributed by atoms with Gasteiger partial charge in [-0.3, -0.25) is 9.78 Å². The fourth-order valence-electron chi connectivity index (χ4n) is 1.96. The van der Waals surface area contributed by atoms with Crippen LogP contribution in [0.3, 0.4) is 0 Å². The van der Waals surface area contributed by atoms with Gasteiger partial charge in [0, 0.05) is 18.3 Å². The summed E-state index contributed by atoms with van der Waals surface area (Å²) in [6, 6.07) is 0. The summed E-state index contributed by atoms with van der Waals surface area (Å²) < 4.78 is 1.94. The summed E-state index contributed by atoms with van der Waals surface area (Å²) in [6.45, 7) is 0. The first-order chi connectivity index (χ1) is 6.36. The van der Waals surface area contributed by atoms with Crippen molar-refractivity contribution in [3.05, 3.63) is 23.7 Å². The van der Waals surface area contributed by atoms with Crippen LogP contribution in [0.1, 0.15) is 11.3 Å². The molecule has 2 heterocycles. The van der Waals surface area contributed by atoms with E-state index in [1.165, 1.54) is 16.8 Å². The van der Waals surface area contributed by atoms with Gasteiger partial charge < -0.3 is 0 Å². The van der Waals surface area contributed by atoms with Crippen molar-refractivity contribution in [2.24, 2.45) is 7.05 Å². The minimum absolute atomic E-state index is 1.07. The minimum Gasteiger partial charge on any atom is -0.277 e. The van der Waals surface area contributed by atoms with Gasteiger partial charge in [-0.1, -0.05) is 0 Å². The normalized spacial score (nSPS) is 13.9. The lowest BCUT2D eigenvalue weighted by molar-refractivity contribution is 0.701. The number of aromatic nitrogens is 4. The van der Waals surface area contributed by atoms with E-state index in [1.807, 2.05) is 24.1 Å². The third-order valence-corrected chi connectivity index (χ3v) is 2.68. The van der Waals surface area contributed by atoms with Crippen LogP contribution < -0.4 is 0 Å². The number of H-pyrrole nitrogens is 1. The van der Waals surface area contributed by atoms with Crippen molar-refractivity contribution in [3.63, 3.8) is 0 Å². The highest BCUT2D eigenvalue weighted by Gasteiger charge is 2.20. The zero-order valence-electron chi connectivity index (χ0n) is 7.41. The van der Waals surface area contributed by atoms with Crippen molar-refractivity contribution in [2.45, 2.75) is 12.8 Å². The molecular weight excluding hydrogens is 164 g/mol. The molecule has 13 heavy (non-hydrogen) atoms. The Hall–Kier alpha value is -1.58. The number of hydrogen-bond acceptors (Lipinski definition) is 2. The number of hydrogen-bond donors (Lipinski definition) is 1. The van der Waals surface area contributed by atoms with Gasteiger partial charge in [-0.25, -0.2) is 0 Å². The van der Waals surface area contributed by atoms with Crippen molar-refractivity contribution in [1.29, 1.82) is 0 Å². The summed E-state index contributed by atoms with van der Waals surface area (Å²) in [6.07, 6.45) is 5.95.